The van der Waals surface area contributed by atoms with E-state index in [4.69, 9.17) is 28.9 Å². The predicted molar refractivity (Wildman–Crippen MR) is 86.1 cm³/mol. The van der Waals surface area contributed by atoms with Gasteiger partial charge in [0.2, 0.25) is 5.91 Å². The van der Waals surface area contributed by atoms with E-state index in [9.17, 15) is 4.79 Å². The molecule has 5 nitrogen and oxygen atoms in total. The second kappa shape index (κ2) is 5.59. The highest BCUT2D eigenvalue weighted by Crippen LogP contribution is 2.31. The smallest absolute Gasteiger partial charge is 0.222 e. The number of primary amides is 1. The Hall–Kier alpha value is -2.11. The number of amides is 1. The molecule has 0 saturated carbocycles. The number of nitrogens with zero attached hydrogens (tertiary/aromatic N) is 3. The molecule has 0 aliphatic heterocycles. The van der Waals surface area contributed by atoms with E-state index in [1.54, 1.807) is 35.0 Å². The molecular weight excluding hydrogens is 323 g/mol. The number of hydrogen-bond donors (Lipinski definition) is 1. The Morgan fingerprint density at radius 1 is 1.32 bits per heavy atom. The number of fused-ring (bicyclic) bond motifs is 1. The molecule has 3 aromatic rings. The number of carbonyl (C=O) groups excluding carboxylic acids is 1. The zero-order chi connectivity index (χ0) is 15.9. The van der Waals surface area contributed by atoms with Gasteiger partial charge in [-0.15, -0.1) is 0 Å². The second-order valence-electron chi connectivity index (χ2n) is 4.90. The van der Waals surface area contributed by atoms with Gasteiger partial charge in [0.05, 0.1) is 22.8 Å². The van der Waals surface area contributed by atoms with Crippen LogP contribution in [0.2, 0.25) is 10.0 Å². The average Bonchev–Trinajstić information content (AvgIpc) is 2.77. The van der Waals surface area contributed by atoms with Crippen molar-refractivity contribution in [2.45, 2.75) is 13.3 Å². The highest BCUT2D eigenvalue weighted by atomic mass is 35.5. The molecule has 0 atom stereocenters. The van der Waals surface area contributed by atoms with Gasteiger partial charge in [-0.1, -0.05) is 23.2 Å². The number of aryl methyl sites for hydroxylation is 1. The molecule has 0 spiro atoms. The monoisotopic (exact) mass is 334 g/mol. The van der Waals surface area contributed by atoms with Gasteiger partial charge in [-0.3, -0.25) is 4.79 Å². The molecule has 0 bridgehead atoms. The van der Waals surface area contributed by atoms with Crippen LogP contribution in [0.3, 0.4) is 0 Å². The van der Waals surface area contributed by atoms with Crippen molar-refractivity contribution in [1.29, 1.82) is 0 Å². The lowest BCUT2D eigenvalue weighted by Crippen LogP contribution is -2.14. The minimum atomic E-state index is -0.425. The molecule has 3 rings (SSSR count). The van der Waals surface area contributed by atoms with Crippen molar-refractivity contribution >= 4 is 34.8 Å². The van der Waals surface area contributed by atoms with Crippen LogP contribution in [-0.2, 0) is 11.2 Å². The molecule has 22 heavy (non-hydrogen) atoms. The standard InChI is InChI=1S/C15H12Cl2N4O/c1-8-10(7-14(18)22)15-19-5-4-13(21(15)20-8)11-6-9(16)2-3-12(11)17/h2-6H,7H2,1H3,(H2,18,22). The summed E-state index contributed by atoms with van der Waals surface area (Å²) in [5, 5.41) is 5.59. The first-order chi connectivity index (χ1) is 10.5. The average molecular weight is 335 g/mol. The highest BCUT2D eigenvalue weighted by molar-refractivity contribution is 6.35. The van der Waals surface area contributed by atoms with Crippen molar-refractivity contribution < 1.29 is 4.79 Å². The Balaban J connectivity index is 2.28. The van der Waals surface area contributed by atoms with Gasteiger partial charge in [-0.05, 0) is 31.2 Å². The molecule has 0 radical (unpaired) electrons. The van der Waals surface area contributed by atoms with Crippen LogP contribution in [0.5, 0.6) is 0 Å². The lowest BCUT2D eigenvalue weighted by Gasteiger charge is -2.07. The molecule has 0 aliphatic rings. The van der Waals surface area contributed by atoms with E-state index in [1.807, 2.05) is 6.92 Å². The summed E-state index contributed by atoms with van der Waals surface area (Å²) in [6.07, 6.45) is 1.74. The first-order valence-corrected chi connectivity index (χ1v) is 7.30. The van der Waals surface area contributed by atoms with Crippen LogP contribution >= 0.6 is 23.2 Å². The van der Waals surface area contributed by atoms with E-state index in [0.29, 0.717) is 26.9 Å². The van der Waals surface area contributed by atoms with Gasteiger partial charge in [0.25, 0.3) is 0 Å². The van der Waals surface area contributed by atoms with Crippen LogP contribution in [0.15, 0.2) is 30.5 Å². The number of carbonyl (C=O) groups is 1. The normalized spacial score (nSPS) is 11.0. The number of nitrogens with two attached hydrogens (primary N) is 1. The van der Waals surface area contributed by atoms with Crippen molar-refractivity contribution in [2.75, 3.05) is 0 Å². The Bertz CT molecular complexity index is 889. The Kier molecular flexibility index (Phi) is 3.76. The summed E-state index contributed by atoms with van der Waals surface area (Å²) in [7, 11) is 0. The van der Waals surface area contributed by atoms with Crippen molar-refractivity contribution in [1.82, 2.24) is 14.6 Å². The van der Waals surface area contributed by atoms with Crippen LogP contribution in [0.1, 0.15) is 11.3 Å². The summed E-state index contributed by atoms with van der Waals surface area (Å²) in [4.78, 5) is 15.5. The van der Waals surface area contributed by atoms with E-state index in [1.165, 1.54) is 0 Å². The van der Waals surface area contributed by atoms with Crippen molar-refractivity contribution in [2.24, 2.45) is 5.73 Å². The van der Waals surface area contributed by atoms with E-state index in [-0.39, 0.29) is 6.42 Å². The van der Waals surface area contributed by atoms with E-state index in [2.05, 4.69) is 10.1 Å². The fourth-order valence-corrected chi connectivity index (χ4v) is 2.76. The third kappa shape index (κ3) is 2.53. The Morgan fingerprint density at radius 3 is 2.82 bits per heavy atom. The topological polar surface area (TPSA) is 73.3 Å². The van der Waals surface area contributed by atoms with Crippen LogP contribution in [-0.4, -0.2) is 20.5 Å². The largest absolute Gasteiger partial charge is 0.369 e. The first kappa shape index (κ1) is 14.8. The number of rotatable bonds is 3. The highest BCUT2D eigenvalue weighted by Gasteiger charge is 2.16. The lowest BCUT2D eigenvalue weighted by atomic mass is 10.1. The second-order valence-corrected chi connectivity index (χ2v) is 5.74. The first-order valence-electron chi connectivity index (χ1n) is 6.54. The molecule has 0 aliphatic carbocycles. The van der Waals surface area contributed by atoms with Gasteiger partial charge in [0, 0.05) is 22.3 Å². The molecule has 2 N–H and O–H groups in total. The molecular formula is C15H12Cl2N4O. The van der Waals surface area contributed by atoms with E-state index >= 15 is 0 Å². The number of aromatic nitrogens is 3. The molecule has 2 aromatic heterocycles. The van der Waals surface area contributed by atoms with Crippen LogP contribution in [0.25, 0.3) is 16.9 Å². The number of benzene rings is 1. The summed E-state index contributed by atoms with van der Waals surface area (Å²) in [5.41, 5.74) is 8.79. The summed E-state index contributed by atoms with van der Waals surface area (Å²) in [6.45, 7) is 1.82. The molecule has 1 aromatic carbocycles. The van der Waals surface area contributed by atoms with Gasteiger partial charge in [0.15, 0.2) is 5.65 Å². The van der Waals surface area contributed by atoms with Gasteiger partial charge >= 0.3 is 0 Å². The third-order valence-electron chi connectivity index (χ3n) is 3.37. The minimum Gasteiger partial charge on any atom is -0.369 e. The summed E-state index contributed by atoms with van der Waals surface area (Å²) in [6, 6.07) is 7.01. The number of halogens is 2. The molecule has 112 valence electrons. The minimum absolute atomic E-state index is 0.0923. The fourth-order valence-electron chi connectivity index (χ4n) is 2.38. The summed E-state index contributed by atoms with van der Waals surface area (Å²) < 4.78 is 1.66. The summed E-state index contributed by atoms with van der Waals surface area (Å²) in [5.74, 6) is -0.425. The van der Waals surface area contributed by atoms with E-state index < -0.39 is 5.91 Å². The quantitative estimate of drug-likeness (QED) is 0.799. The van der Waals surface area contributed by atoms with Crippen LogP contribution in [0.4, 0.5) is 0 Å². The van der Waals surface area contributed by atoms with Crippen molar-refractivity contribution in [3.05, 3.63) is 51.8 Å². The maximum absolute atomic E-state index is 11.2. The zero-order valence-corrected chi connectivity index (χ0v) is 13.2. The third-order valence-corrected chi connectivity index (χ3v) is 3.93. The van der Waals surface area contributed by atoms with Gasteiger partial charge in [0.1, 0.15) is 0 Å². The zero-order valence-electron chi connectivity index (χ0n) is 11.7. The maximum atomic E-state index is 11.2. The van der Waals surface area contributed by atoms with Crippen molar-refractivity contribution in [3.63, 3.8) is 0 Å². The van der Waals surface area contributed by atoms with Gasteiger partial charge < -0.3 is 5.73 Å². The van der Waals surface area contributed by atoms with Gasteiger partial charge in [-0.25, -0.2) is 9.50 Å². The molecule has 7 heteroatoms. The maximum Gasteiger partial charge on any atom is 0.222 e. The van der Waals surface area contributed by atoms with Crippen LogP contribution < -0.4 is 5.73 Å². The van der Waals surface area contributed by atoms with Gasteiger partial charge in [-0.2, -0.15) is 5.10 Å². The molecule has 2 heterocycles. The Labute approximate surface area is 136 Å². The molecule has 0 saturated heterocycles. The van der Waals surface area contributed by atoms with E-state index in [0.717, 1.165) is 11.3 Å². The summed E-state index contributed by atoms with van der Waals surface area (Å²) >= 11 is 12.3. The van der Waals surface area contributed by atoms with Crippen molar-refractivity contribution in [3.8, 4) is 11.3 Å². The lowest BCUT2D eigenvalue weighted by molar-refractivity contribution is -0.117. The molecule has 1 amide bonds. The Morgan fingerprint density at radius 2 is 2.09 bits per heavy atom. The predicted octanol–water partition coefficient (Wildman–Crippen LogP) is 3.04. The van der Waals surface area contributed by atoms with Crippen LogP contribution in [0, 0.1) is 6.92 Å². The SMILES string of the molecule is Cc1nn2c(-c3cc(Cl)ccc3Cl)ccnc2c1CC(N)=O. The molecule has 0 fully saturated rings. The number of hydrogen-bond acceptors (Lipinski definition) is 3. The molecule has 0 unspecified atom stereocenters. The fraction of sp³-hybridized carbons (Fsp3) is 0.133.